The summed E-state index contributed by atoms with van der Waals surface area (Å²) >= 11 is 0. The number of methoxy groups -OCH3 is 1. The van der Waals surface area contributed by atoms with Crippen molar-refractivity contribution in [2.75, 3.05) is 12.4 Å². The number of anilines is 1. The highest BCUT2D eigenvalue weighted by Crippen LogP contribution is 2.16. The molecule has 0 unspecified atom stereocenters. The molecule has 110 valence electrons. The maximum Gasteiger partial charge on any atom is 0.339 e. The van der Waals surface area contributed by atoms with Crippen LogP contribution < -0.4 is 5.32 Å². The van der Waals surface area contributed by atoms with Crippen LogP contribution in [0.2, 0.25) is 0 Å². The second kappa shape index (κ2) is 6.21. The van der Waals surface area contributed by atoms with Crippen LogP contribution in [0.25, 0.3) is 0 Å². The molecule has 0 atom stereocenters. The molecule has 1 aromatic heterocycles. The van der Waals surface area contributed by atoms with Crippen LogP contribution in [0.4, 0.5) is 5.69 Å². The lowest BCUT2D eigenvalue weighted by Crippen LogP contribution is -2.21. The Labute approximate surface area is 122 Å². The number of nitrogens with zero attached hydrogens (tertiary/aromatic N) is 2. The minimum absolute atomic E-state index is 0.0924. The van der Waals surface area contributed by atoms with Crippen LogP contribution in [-0.2, 0) is 16.1 Å². The molecule has 0 saturated carbocycles. The fraction of sp³-hybridized carbons (Fsp3) is 0.267. The van der Waals surface area contributed by atoms with E-state index < -0.39 is 5.97 Å². The Morgan fingerprint density at radius 1 is 1.29 bits per heavy atom. The van der Waals surface area contributed by atoms with E-state index in [1.165, 1.54) is 7.11 Å². The van der Waals surface area contributed by atoms with Crippen LogP contribution in [0.3, 0.4) is 0 Å². The molecule has 2 rings (SSSR count). The van der Waals surface area contributed by atoms with E-state index in [1.807, 2.05) is 19.9 Å². The number of carbonyl (C=O) groups is 2. The highest BCUT2D eigenvalue weighted by molar-refractivity contribution is 6.01. The third kappa shape index (κ3) is 3.47. The van der Waals surface area contributed by atoms with Crippen molar-refractivity contribution in [1.29, 1.82) is 0 Å². The number of amides is 1. The molecule has 0 aliphatic heterocycles. The first kappa shape index (κ1) is 14.8. The molecule has 0 aliphatic carbocycles. The normalized spacial score (nSPS) is 10.2. The van der Waals surface area contributed by atoms with Gasteiger partial charge in [0.15, 0.2) is 0 Å². The van der Waals surface area contributed by atoms with E-state index in [1.54, 1.807) is 28.9 Å². The first-order chi connectivity index (χ1) is 10.0. The smallest absolute Gasteiger partial charge is 0.339 e. The van der Waals surface area contributed by atoms with Gasteiger partial charge in [0, 0.05) is 5.69 Å². The first-order valence-corrected chi connectivity index (χ1v) is 6.49. The number of aryl methyl sites for hydroxylation is 2. The molecule has 1 aromatic carbocycles. The monoisotopic (exact) mass is 287 g/mol. The van der Waals surface area contributed by atoms with Gasteiger partial charge in [-0.15, -0.1) is 0 Å². The molecule has 0 aliphatic rings. The highest BCUT2D eigenvalue weighted by atomic mass is 16.5. The van der Waals surface area contributed by atoms with E-state index in [0.29, 0.717) is 11.3 Å². The van der Waals surface area contributed by atoms with Gasteiger partial charge in [-0.05, 0) is 32.0 Å². The molecule has 21 heavy (non-hydrogen) atoms. The number of nitrogens with one attached hydrogen (secondary N) is 1. The van der Waals surface area contributed by atoms with Crippen LogP contribution in [0.15, 0.2) is 30.3 Å². The van der Waals surface area contributed by atoms with Gasteiger partial charge >= 0.3 is 5.97 Å². The number of para-hydroxylation sites is 1. The van der Waals surface area contributed by atoms with Gasteiger partial charge in [0.05, 0.1) is 24.1 Å². The topological polar surface area (TPSA) is 73.2 Å². The summed E-state index contributed by atoms with van der Waals surface area (Å²) < 4.78 is 6.31. The van der Waals surface area contributed by atoms with Crippen LogP contribution in [0, 0.1) is 13.8 Å². The summed E-state index contributed by atoms with van der Waals surface area (Å²) in [6, 6.07) is 8.61. The van der Waals surface area contributed by atoms with Gasteiger partial charge < -0.3 is 10.1 Å². The summed E-state index contributed by atoms with van der Waals surface area (Å²) in [5.41, 5.74) is 2.51. The quantitative estimate of drug-likeness (QED) is 0.872. The Hall–Kier alpha value is -2.63. The van der Waals surface area contributed by atoms with Gasteiger partial charge in [0.25, 0.3) is 0 Å². The van der Waals surface area contributed by atoms with E-state index >= 15 is 0 Å². The molecule has 0 radical (unpaired) electrons. The second-order valence-corrected chi connectivity index (χ2v) is 4.67. The van der Waals surface area contributed by atoms with Crippen LogP contribution in [0.5, 0.6) is 0 Å². The Kier molecular flexibility index (Phi) is 4.37. The maximum atomic E-state index is 12.1. The largest absolute Gasteiger partial charge is 0.465 e. The number of esters is 1. The Morgan fingerprint density at radius 3 is 2.62 bits per heavy atom. The van der Waals surface area contributed by atoms with Gasteiger partial charge in [-0.1, -0.05) is 12.1 Å². The molecule has 1 heterocycles. The fourth-order valence-electron chi connectivity index (χ4n) is 2.04. The zero-order valence-electron chi connectivity index (χ0n) is 12.2. The lowest BCUT2D eigenvalue weighted by atomic mass is 10.2. The van der Waals surface area contributed by atoms with E-state index in [-0.39, 0.29) is 12.5 Å². The standard InChI is InChI=1S/C15H17N3O3/c1-10-8-11(2)18(17-10)9-14(19)16-13-7-5-4-6-12(13)15(20)21-3/h4-8H,9H2,1-3H3,(H,16,19). The summed E-state index contributed by atoms with van der Waals surface area (Å²) in [4.78, 5) is 23.7. The minimum Gasteiger partial charge on any atom is -0.465 e. The van der Waals surface area contributed by atoms with Crippen LogP contribution in [0.1, 0.15) is 21.7 Å². The van der Waals surface area contributed by atoms with Crippen molar-refractivity contribution in [3.8, 4) is 0 Å². The zero-order valence-corrected chi connectivity index (χ0v) is 12.2. The van der Waals surface area contributed by atoms with Crippen LogP contribution >= 0.6 is 0 Å². The summed E-state index contributed by atoms with van der Waals surface area (Å²) in [6.45, 7) is 3.85. The van der Waals surface area contributed by atoms with Crippen molar-refractivity contribution in [2.45, 2.75) is 20.4 Å². The molecular formula is C15H17N3O3. The van der Waals surface area contributed by atoms with Gasteiger partial charge in [0.2, 0.25) is 5.91 Å². The van der Waals surface area contributed by atoms with Crippen molar-refractivity contribution in [3.63, 3.8) is 0 Å². The van der Waals surface area contributed by atoms with E-state index in [4.69, 9.17) is 4.74 Å². The van der Waals surface area contributed by atoms with E-state index in [9.17, 15) is 9.59 Å². The predicted molar refractivity (Wildman–Crippen MR) is 78.1 cm³/mol. The minimum atomic E-state index is -0.489. The SMILES string of the molecule is COC(=O)c1ccccc1NC(=O)Cn1nc(C)cc1C. The molecule has 1 amide bonds. The van der Waals surface area contributed by atoms with Gasteiger partial charge in [0.1, 0.15) is 6.54 Å². The molecule has 2 aromatic rings. The second-order valence-electron chi connectivity index (χ2n) is 4.67. The van der Waals surface area contributed by atoms with Gasteiger partial charge in [-0.25, -0.2) is 4.79 Å². The Morgan fingerprint density at radius 2 is 2.00 bits per heavy atom. The number of rotatable bonds is 4. The third-order valence-corrected chi connectivity index (χ3v) is 3.00. The highest BCUT2D eigenvalue weighted by Gasteiger charge is 2.14. The van der Waals surface area contributed by atoms with Crippen LogP contribution in [-0.4, -0.2) is 28.8 Å². The zero-order chi connectivity index (χ0) is 15.4. The molecule has 0 fully saturated rings. The molecule has 1 N–H and O–H groups in total. The van der Waals surface area contributed by atoms with Crippen molar-refractivity contribution in [1.82, 2.24) is 9.78 Å². The number of benzene rings is 1. The van der Waals surface area contributed by atoms with Crippen molar-refractivity contribution in [3.05, 3.63) is 47.3 Å². The number of carbonyl (C=O) groups excluding carboxylic acids is 2. The molecule has 6 heteroatoms. The summed E-state index contributed by atoms with van der Waals surface area (Å²) in [5.74, 6) is -0.741. The molecule has 0 saturated heterocycles. The fourth-order valence-corrected chi connectivity index (χ4v) is 2.04. The molecule has 0 bridgehead atoms. The lowest BCUT2D eigenvalue weighted by molar-refractivity contribution is -0.116. The number of aromatic nitrogens is 2. The Balaban J connectivity index is 2.13. The van der Waals surface area contributed by atoms with E-state index in [0.717, 1.165) is 11.4 Å². The summed E-state index contributed by atoms with van der Waals surface area (Å²) in [5, 5.41) is 6.94. The average Bonchev–Trinajstić information content (AvgIpc) is 2.76. The van der Waals surface area contributed by atoms with Gasteiger partial charge in [-0.2, -0.15) is 5.10 Å². The third-order valence-electron chi connectivity index (χ3n) is 3.00. The number of hydrogen-bond acceptors (Lipinski definition) is 4. The Bertz CT molecular complexity index is 677. The first-order valence-electron chi connectivity index (χ1n) is 6.49. The van der Waals surface area contributed by atoms with Crippen molar-refractivity contribution < 1.29 is 14.3 Å². The summed E-state index contributed by atoms with van der Waals surface area (Å²) in [7, 11) is 1.30. The lowest BCUT2D eigenvalue weighted by Gasteiger charge is -2.10. The predicted octanol–water partition coefficient (Wildman–Crippen LogP) is 1.93. The number of hydrogen-bond donors (Lipinski definition) is 1. The number of ether oxygens (including phenoxy) is 1. The molecular weight excluding hydrogens is 270 g/mol. The van der Waals surface area contributed by atoms with E-state index in [2.05, 4.69) is 10.4 Å². The average molecular weight is 287 g/mol. The van der Waals surface area contributed by atoms with Gasteiger partial charge in [-0.3, -0.25) is 9.48 Å². The maximum absolute atomic E-state index is 12.1. The van der Waals surface area contributed by atoms with Crippen molar-refractivity contribution in [2.24, 2.45) is 0 Å². The molecule has 0 spiro atoms. The van der Waals surface area contributed by atoms with Crippen molar-refractivity contribution >= 4 is 17.6 Å². The molecule has 6 nitrogen and oxygen atoms in total. The summed E-state index contributed by atoms with van der Waals surface area (Å²) in [6.07, 6.45) is 0.